The Hall–Kier alpha value is -3.14. The molecule has 2 saturated heterocycles. The Morgan fingerprint density at radius 1 is 1.08 bits per heavy atom. The van der Waals surface area contributed by atoms with Crippen LogP contribution in [0.5, 0.6) is 0 Å². The van der Waals surface area contributed by atoms with E-state index < -0.39 is 22.9 Å². The van der Waals surface area contributed by atoms with E-state index in [-0.39, 0.29) is 23.6 Å². The predicted octanol–water partition coefficient (Wildman–Crippen LogP) is 3.45. The maximum atomic E-state index is 15.5. The fraction of sp³-hybridized carbons (Fsp3) is 0.593. The van der Waals surface area contributed by atoms with Gasteiger partial charge in [-0.1, -0.05) is 0 Å². The van der Waals surface area contributed by atoms with Crippen molar-refractivity contribution in [1.82, 2.24) is 14.2 Å². The number of aromatic carboxylic acids is 1. The summed E-state index contributed by atoms with van der Waals surface area (Å²) in [4.78, 5) is 43.1. The first-order chi connectivity index (χ1) is 17.4. The van der Waals surface area contributed by atoms with E-state index in [1.54, 1.807) is 4.90 Å². The van der Waals surface area contributed by atoms with Gasteiger partial charge in [-0.3, -0.25) is 14.1 Å². The molecule has 2 aliphatic heterocycles. The fourth-order valence-corrected chi connectivity index (χ4v) is 5.73. The maximum absolute atomic E-state index is 15.5. The van der Waals surface area contributed by atoms with Crippen LogP contribution in [0.3, 0.4) is 0 Å². The first-order valence-corrected chi connectivity index (χ1v) is 13.0. The Kier molecular flexibility index (Phi) is 6.42. The molecule has 4 heterocycles. The van der Waals surface area contributed by atoms with E-state index >= 15 is 4.39 Å². The second kappa shape index (κ2) is 9.31. The van der Waals surface area contributed by atoms with E-state index in [1.807, 2.05) is 32.6 Å². The zero-order chi connectivity index (χ0) is 26.6. The summed E-state index contributed by atoms with van der Waals surface area (Å²) < 4.78 is 22.2. The van der Waals surface area contributed by atoms with Crippen LogP contribution in [-0.4, -0.2) is 82.3 Å². The Labute approximate surface area is 215 Å². The molecule has 200 valence electrons. The number of carbonyl (C=O) groups excluding carboxylic acids is 1. The van der Waals surface area contributed by atoms with Crippen molar-refractivity contribution < 1.29 is 23.8 Å². The molecular weight excluding hydrogens is 479 g/mol. The lowest BCUT2D eigenvalue weighted by atomic mass is 10.0. The van der Waals surface area contributed by atoms with Gasteiger partial charge >= 0.3 is 12.1 Å². The fourth-order valence-electron chi connectivity index (χ4n) is 5.73. The van der Waals surface area contributed by atoms with Crippen molar-refractivity contribution in [3.05, 3.63) is 45.1 Å². The normalized spacial score (nSPS) is 21.1. The van der Waals surface area contributed by atoms with Crippen LogP contribution in [0.4, 0.5) is 14.9 Å². The molecule has 1 atom stereocenters. The lowest BCUT2D eigenvalue weighted by Gasteiger charge is -2.39. The molecule has 2 aromatic rings. The molecule has 1 aliphatic carbocycles. The summed E-state index contributed by atoms with van der Waals surface area (Å²) >= 11 is 0. The van der Waals surface area contributed by atoms with Gasteiger partial charge in [0.1, 0.15) is 11.2 Å². The summed E-state index contributed by atoms with van der Waals surface area (Å²) in [5.41, 5.74) is 1.02. The highest BCUT2D eigenvalue weighted by Crippen LogP contribution is 2.44. The van der Waals surface area contributed by atoms with Gasteiger partial charge in [0, 0.05) is 45.3 Å². The van der Waals surface area contributed by atoms with E-state index in [4.69, 9.17) is 4.74 Å². The number of amides is 1. The number of halogens is 1. The minimum absolute atomic E-state index is 0.192. The summed E-state index contributed by atoms with van der Waals surface area (Å²) in [6.45, 7) is 11.4. The van der Waals surface area contributed by atoms with Crippen molar-refractivity contribution in [2.75, 3.05) is 44.2 Å². The van der Waals surface area contributed by atoms with Crippen molar-refractivity contribution in [1.29, 1.82) is 0 Å². The number of ether oxygens (including phenoxy) is 1. The molecule has 3 aliphatic rings. The van der Waals surface area contributed by atoms with E-state index in [2.05, 4.69) is 4.90 Å². The van der Waals surface area contributed by atoms with Gasteiger partial charge in [0.25, 0.3) is 5.56 Å². The standard InChI is InChI=1S/C27H35FN4O5/c1-16-22-19(17-5-6-17)13-20(25(34)35)24(33)32(22)15-21(28)23(16)30-11-9-29(10-12-30)18-7-8-31(14-18)26(36)37-27(2,3)4/h13,15,17-18H,5-12,14H2,1-4H3,(H,34,35)/t18-/m1/s1. The molecule has 1 saturated carbocycles. The molecule has 0 spiro atoms. The molecule has 0 aromatic carbocycles. The molecule has 5 rings (SSSR count). The highest BCUT2D eigenvalue weighted by Gasteiger charge is 2.35. The molecule has 0 unspecified atom stereocenters. The third-order valence-electron chi connectivity index (χ3n) is 7.65. The highest BCUT2D eigenvalue weighted by molar-refractivity contribution is 5.89. The van der Waals surface area contributed by atoms with E-state index in [0.717, 1.165) is 44.1 Å². The minimum atomic E-state index is -1.29. The van der Waals surface area contributed by atoms with Gasteiger partial charge in [0.15, 0.2) is 5.82 Å². The van der Waals surface area contributed by atoms with Gasteiger partial charge in [0.05, 0.1) is 17.4 Å². The number of carboxylic acids is 1. The molecule has 0 bridgehead atoms. The van der Waals surface area contributed by atoms with Crippen LogP contribution in [-0.2, 0) is 4.74 Å². The SMILES string of the molecule is Cc1c(N2CCN([C@@H]3CCN(C(=O)OC(C)(C)C)C3)CC2)c(F)cn2c(=O)c(C(=O)O)cc(C3CC3)c12. The number of aromatic nitrogens is 1. The van der Waals surface area contributed by atoms with Gasteiger partial charge in [-0.15, -0.1) is 0 Å². The van der Waals surface area contributed by atoms with Gasteiger partial charge in [-0.25, -0.2) is 14.0 Å². The third-order valence-corrected chi connectivity index (χ3v) is 7.65. The zero-order valence-electron chi connectivity index (χ0n) is 21.9. The van der Waals surface area contributed by atoms with Crippen LogP contribution in [0, 0.1) is 12.7 Å². The Morgan fingerprint density at radius 3 is 2.35 bits per heavy atom. The average Bonchev–Trinajstić information content (AvgIpc) is 3.54. The minimum Gasteiger partial charge on any atom is -0.477 e. The second-order valence-corrected chi connectivity index (χ2v) is 11.5. The van der Waals surface area contributed by atoms with Crippen LogP contribution in [0.15, 0.2) is 17.1 Å². The number of piperazine rings is 1. The van der Waals surface area contributed by atoms with Crippen molar-refractivity contribution in [3.63, 3.8) is 0 Å². The molecule has 0 radical (unpaired) electrons. The summed E-state index contributed by atoms with van der Waals surface area (Å²) in [5.74, 6) is -1.63. The van der Waals surface area contributed by atoms with Crippen molar-refractivity contribution in [2.45, 2.75) is 64.5 Å². The number of pyridine rings is 2. The number of likely N-dealkylation sites (tertiary alicyclic amines) is 1. The third kappa shape index (κ3) is 4.91. The summed E-state index contributed by atoms with van der Waals surface area (Å²) in [5, 5.41) is 9.51. The highest BCUT2D eigenvalue weighted by atomic mass is 19.1. The molecule has 10 heteroatoms. The predicted molar refractivity (Wildman–Crippen MR) is 137 cm³/mol. The lowest BCUT2D eigenvalue weighted by Crippen LogP contribution is -2.51. The van der Waals surface area contributed by atoms with Crippen LogP contribution in [0.25, 0.3) is 5.52 Å². The second-order valence-electron chi connectivity index (χ2n) is 11.5. The summed E-state index contributed by atoms with van der Waals surface area (Å²) in [7, 11) is 0. The molecule has 3 fully saturated rings. The first kappa shape index (κ1) is 25.5. The van der Waals surface area contributed by atoms with Crippen LogP contribution < -0.4 is 10.5 Å². The van der Waals surface area contributed by atoms with Crippen molar-refractivity contribution in [3.8, 4) is 0 Å². The number of rotatable bonds is 4. The van der Waals surface area contributed by atoms with Crippen molar-refractivity contribution in [2.24, 2.45) is 0 Å². The number of fused-ring (bicyclic) bond motifs is 1. The Bertz CT molecular complexity index is 1300. The number of carboxylic acid groups (broad SMARTS) is 1. The molecule has 9 nitrogen and oxygen atoms in total. The first-order valence-electron chi connectivity index (χ1n) is 13.0. The largest absolute Gasteiger partial charge is 0.477 e. The molecule has 1 amide bonds. The topological polar surface area (TPSA) is 94.8 Å². The van der Waals surface area contributed by atoms with Gasteiger partial charge in [-0.2, -0.15) is 0 Å². The summed E-state index contributed by atoms with van der Waals surface area (Å²) in [6.07, 6.45) is 3.61. The van der Waals surface area contributed by atoms with E-state index in [9.17, 15) is 19.5 Å². The van der Waals surface area contributed by atoms with Gasteiger partial charge in [-0.05, 0) is 70.1 Å². The number of hydrogen-bond donors (Lipinski definition) is 1. The number of nitrogens with zero attached hydrogens (tertiary/aromatic N) is 4. The van der Waals surface area contributed by atoms with E-state index in [0.29, 0.717) is 42.9 Å². The lowest BCUT2D eigenvalue weighted by molar-refractivity contribution is 0.0278. The quantitative estimate of drug-likeness (QED) is 0.668. The van der Waals surface area contributed by atoms with Crippen LogP contribution in [0.1, 0.15) is 67.4 Å². The van der Waals surface area contributed by atoms with Crippen LogP contribution in [0.2, 0.25) is 0 Å². The number of aryl methyl sites for hydroxylation is 1. The number of hydrogen-bond acceptors (Lipinski definition) is 6. The van der Waals surface area contributed by atoms with E-state index in [1.165, 1.54) is 10.5 Å². The Balaban J connectivity index is 1.35. The Morgan fingerprint density at radius 2 is 1.76 bits per heavy atom. The number of carbonyl (C=O) groups is 2. The van der Waals surface area contributed by atoms with Crippen molar-refractivity contribution >= 4 is 23.3 Å². The monoisotopic (exact) mass is 514 g/mol. The zero-order valence-corrected chi connectivity index (χ0v) is 21.9. The van der Waals surface area contributed by atoms with Gasteiger partial charge in [0.2, 0.25) is 0 Å². The summed E-state index contributed by atoms with van der Waals surface area (Å²) in [6, 6.07) is 1.73. The van der Waals surface area contributed by atoms with Crippen LogP contribution >= 0.6 is 0 Å². The molecule has 1 N–H and O–H groups in total. The molecular formula is C27H35FN4O5. The van der Waals surface area contributed by atoms with Gasteiger partial charge < -0.3 is 19.6 Å². The average molecular weight is 515 g/mol. The smallest absolute Gasteiger partial charge is 0.410 e. The maximum Gasteiger partial charge on any atom is 0.410 e. The number of anilines is 1. The molecule has 37 heavy (non-hydrogen) atoms. The molecule has 2 aromatic heterocycles.